The largest absolute Gasteiger partial charge is 1.00 e. The van der Waals surface area contributed by atoms with Crippen LogP contribution in [-0.2, 0) is 26.8 Å². The maximum absolute atomic E-state index is 12.8. The molecule has 1 atom stereocenters. The molecule has 3 rings (SSSR count). The molecule has 1 unspecified atom stereocenters. The molecule has 12 heteroatoms. The molecule has 0 aliphatic carbocycles. The van der Waals surface area contributed by atoms with Crippen LogP contribution in [0.15, 0.2) is 53.4 Å². The molecule has 2 aromatic rings. The van der Waals surface area contributed by atoms with Gasteiger partial charge in [-0.25, -0.2) is 16.8 Å². The summed E-state index contributed by atoms with van der Waals surface area (Å²) >= 11 is 0. The molecule has 0 bridgehead atoms. The average molecular weight is 653 g/mol. The normalized spacial score (nSPS) is 16.2. The summed E-state index contributed by atoms with van der Waals surface area (Å²) < 4.78 is 73.1. The van der Waals surface area contributed by atoms with Crippen LogP contribution < -0.4 is 69.3 Å². The van der Waals surface area contributed by atoms with Crippen molar-refractivity contribution in [2.24, 2.45) is 0 Å². The first-order chi connectivity index (χ1) is 19.6. The van der Waals surface area contributed by atoms with Gasteiger partial charge in [0.05, 0.1) is 16.3 Å². The van der Waals surface area contributed by atoms with E-state index in [0.29, 0.717) is 23.4 Å². The number of nitrogens with one attached hydrogen (secondary N) is 1. The second-order valence-corrected chi connectivity index (χ2v) is 14.2. The van der Waals surface area contributed by atoms with E-state index in [1.807, 2.05) is 0 Å². The van der Waals surface area contributed by atoms with Gasteiger partial charge < -0.3 is 19.3 Å². The fraction of sp³-hybridized carbons (Fsp3) is 0.613. The van der Waals surface area contributed by atoms with Crippen LogP contribution in [0.1, 0.15) is 115 Å². The molecule has 0 fully saturated rings. The van der Waals surface area contributed by atoms with E-state index in [-0.39, 0.29) is 72.1 Å². The van der Waals surface area contributed by atoms with Crippen molar-refractivity contribution in [2.75, 3.05) is 10.2 Å². The minimum Gasteiger partial charge on any atom is -0.745 e. The fourth-order valence-corrected chi connectivity index (χ4v) is 7.34. The number of hydrogen-bond donors (Lipinski definition) is 1. The Morgan fingerprint density at radius 1 is 0.698 bits per heavy atom. The summed E-state index contributed by atoms with van der Waals surface area (Å²) in [5.41, 5.74) is 1.49. The number of hydrogen-bond acceptors (Lipinski definition) is 8. The number of para-hydroxylation sites is 2. The van der Waals surface area contributed by atoms with Crippen molar-refractivity contribution in [1.29, 1.82) is 0 Å². The van der Waals surface area contributed by atoms with Crippen LogP contribution in [0.3, 0.4) is 0 Å². The summed E-state index contributed by atoms with van der Waals surface area (Å²) in [6.07, 6.45) is 17.8. The smallest absolute Gasteiger partial charge is 0.745 e. The van der Waals surface area contributed by atoms with Crippen molar-refractivity contribution < 1.29 is 85.1 Å². The molecular weight excluding hydrogens is 606 g/mol. The second-order valence-electron chi connectivity index (χ2n) is 11.3. The summed E-state index contributed by atoms with van der Waals surface area (Å²) in [7, 11) is -9.55. The number of anilines is 2. The Labute approximate surface area is 304 Å². The molecule has 0 saturated carbocycles. The molecule has 43 heavy (non-hydrogen) atoms. The van der Waals surface area contributed by atoms with Gasteiger partial charge in [0.2, 0.25) is 4.99 Å². The number of benzene rings is 2. The quantitative estimate of drug-likeness (QED) is 0.130. The SMILES string of the molecule is CCCCCCCCCCCCCCCCCC1(S(=O)(=O)[O-])Nc2ccccc2N1Cc1cccc(S(=O)(=O)[O-])c1.[Na+].[Na+]. The van der Waals surface area contributed by atoms with Gasteiger partial charge in [0.1, 0.15) is 20.2 Å². The van der Waals surface area contributed by atoms with Gasteiger partial charge in [-0.05, 0) is 36.2 Å². The van der Waals surface area contributed by atoms with Gasteiger partial charge in [0.25, 0.3) is 0 Å². The Morgan fingerprint density at radius 2 is 1.21 bits per heavy atom. The number of fused-ring (bicyclic) bond motifs is 1. The molecule has 0 spiro atoms. The van der Waals surface area contributed by atoms with Gasteiger partial charge in [-0.2, -0.15) is 0 Å². The number of nitrogens with zero attached hydrogens (tertiary/aromatic N) is 1. The molecule has 0 aromatic heterocycles. The van der Waals surface area contributed by atoms with Crippen molar-refractivity contribution in [3.8, 4) is 0 Å². The van der Waals surface area contributed by atoms with Crippen molar-refractivity contribution in [1.82, 2.24) is 0 Å². The number of unbranched alkanes of at least 4 members (excludes halogenated alkanes) is 14. The minimum atomic E-state index is -4.87. The number of rotatable bonds is 20. The van der Waals surface area contributed by atoms with Gasteiger partial charge in [0, 0.05) is 13.0 Å². The topological polar surface area (TPSA) is 130 Å². The van der Waals surface area contributed by atoms with Crippen LogP contribution in [0.25, 0.3) is 0 Å². The zero-order chi connectivity index (χ0) is 29.8. The van der Waals surface area contributed by atoms with Crippen molar-refractivity contribution in [3.05, 3.63) is 54.1 Å². The fourth-order valence-electron chi connectivity index (χ4n) is 5.74. The molecular formula is C31H46N2Na2O6S2. The molecule has 8 nitrogen and oxygen atoms in total. The third-order valence-corrected chi connectivity index (χ3v) is 10.2. The first-order valence-corrected chi connectivity index (χ1v) is 18.1. The maximum Gasteiger partial charge on any atom is 1.00 e. The molecule has 1 aliphatic rings. The molecule has 1 N–H and O–H groups in total. The molecule has 0 radical (unpaired) electrons. The van der Waals surface area contributed by atoms with E-state index in [1.54, 1.807) is 30.3 Å². The van der Waals surface area contributed by atoms with E-state index in [9.17, 15) is 25.9 Å². The van der Waals surface area contributed by atoms with E-state index < -0.39 is 30.1 Å². The Balaban J connectivity index is 0.00000462. The summed E-state index contributed by atoms with van der Waals surface area (Å²) in [4.78, 5) is -0.793. The predicted molar refractivity (Wildman–Crippen MR) is 163 cm³/mol. The van der Waals surface area contributed by atoms with Crippen LogP contribution in [0.2, 0.25) is 0 Å². The van der Waals surface area contributed by atoms with Gasteiger partial charge in [-0.3, -0.25) is 0 Å². The summed E-state index contributed by atoms with van der Waals surface area (Å²) in [5.74, 6) is 0. The zero-order valence-corrected chi connectivity index (χ0v) is 32.0. The molecule has 2 aromatic carbocycles. The third kappa shape index (κ3) is 12.5. The summed E-state index contributed by atoms with van der Waals surface area (Å²) in [6.45, 7) is 2.19. The molecule has 1 heterocycles. The standard InChI is InChI=1S/C31H48N2O6S2.2Na/c1-2-3-4-5-6-7-8-9-10-11-12-13-14-15-18-24-31(41(37,38)39)32-29-22-16-17-23-30(29)33(31)26-27-20-19-21-28(25-27)40(34,35)36;;/h16-17,19-23,25,32H,2-15,18,24,26H2,1H3,(H,34,35,36)(H,37,38,39);;/q;2*+1/p-2. The molecule has 1 aliphatic heterocycles. The maximum atomic E-state index is 12.8. The molecule has 0 amide bonds. The van der Waals surface area contributed by atoms with Crippen LogP contribution in [0, 0.1) is 0 Å². The van der Waals surface area contributed by atoms with E-state index >= 15 is 0 Å². The molecule has 230 valence electrons. The second kappa shape index (κ2) is 20.2. The summed E-state index contributed by atoms with van der Waals surface area (Å²) in [5, 5.41) is 3.00. The van der Waals surface area contributed by atoms with Crippen LogP contribution in [-0.4, -0.2) is 30.9 Å². The Morgan fingerprint density at radius 3 is 1.72 bits per heavy atom. The van der Waals surface area contributed by atoms with Crippen molar-refractivity contribution in [2.45, 2.75) is 126 Å². The predicted octanol–water partition coefficient (Wildman–Crippen LogP) is 1.49. The Kier molecular flexibility index (Phi) is 19.2. The molecule has 0 saturated heterocycles. The van der Waals surface area contributed by atoms with Gasteiger partial charge in [0.15, 0.2) is 0 Å². The monoisotopic (exact) mass is 652 g/mol. The summed E-state index contributed by atoms with van der Waals surface area (Å²) in [6, 6.07) is 12.5. The first-order valence-electron chi connectivity index (χ1n) is 15.2. The van der Waals surface area contributed by atoms with E-state index in [0.717, 1.165) is 25.7 Å². The van der Waals surface area contributed by atoms with E-state index in [1.165, 1.54) is 87.3 Å². The van der Waals surface area contributed by atoms with E-state index in [4.69, 9.17) is 0 Å². The van der Waals surface area contributed by atoms with Gasteiger partial charge in [-0.15, -0.1) is 0 Å². The average Bonchev–Trinajstić information content (AvgIpc) is 3.25. The van der Waals surface area contributed by atoms with Gasteiger partial charge in [-0.1, -0.05) is 121 Å². The van der Waals surface area contributed by atoms with Crippen molar-refractivity contribution in [3.63, 3.8) is 0 Å². The van der Waals surface area contributed by atoms with Crippen LogP contribution in [0.5, 0.6) is 0 Å². The first kappa shape index (κ1) is 40.9. The van der Waals surface area contributed by atoms with Crippen molar-refractivity contribution >= 4 is 31.6 Å². The van der Waals surface area contributed by atoms with E-state index in [2.05, 4.69) is 12.2 Å². The Bertz CT molecular complexity index is 1310. The van der Waals surface area contributed by atoms with Crippen LogP contribution in [0.4, 0.5) is 11.4 Å². The minimum absolute atomic E-state index is 0. The Hall–Kier alpha value is -0.140. The van der Waals surface area contributed by atoms with Gasteiger partial charge >= 0.3 is 59.1 Å². The van der Waals surface area contributed by atoms with Crippen LogP contribution >= 0.6 is 0 Å². The third-order valence-electron chi connectivity index (χ3n) is 8.02. The zero-order valence-electron chi connectivity index (χ0n) is 26.4.